The van der Waals surface area contributed by atoms with E-state index >= 15 is 0 Å². The van der Waals surface area contributed by atoms with E-state index in [1.165, 1.54) is 23.3 Å². The maximum atomic E-state index is 12.9. The summed E-state index contributed by atoms with van der Waals surface area (Å²) < 4.78 is 18.8. The van der Waals surface area contributed by atoms with Gasteiger partial charge in [-0.05, 0) is 76.8 Å². The molecule has 0 bridgehead atoms. The molecule has 4 aromatic rings. The number of hydrogen-bond acceptors (Lipinski definition) is 6. The summed E-state index contributed by atoms with van der Waals surface area (Å²) in [5, 5.41) is 4.62. The van der Waals surface area contributed by atoms with Crippen molar-refractivity contribution in [3.05, 3.63) is 52.8 Å². The molecule has 1 aliphatic carbocycles. The molecular weight excluding hydrogens is 460 g/mol. The van der Waals surface area contributed by atoms with E-state index in [-0.39, 0.29) is 5.91 Å². The molecule has 1 amide bonds. The lowest BCUT2D eigenvalue weighted by atomic mass is 9.93. The largest absolute Gasteiger partial charge is 0.494 e. The number of thiazole rings is 1. The van der Waals surface area contributed by atoms with Gasteiger partial charge in [0.05, 0.1) is 23.4 Å². The molecular formula is C28H30N2O4S. The number of carbonyl (C=O) groups is 1. The van der Waals surface area contributed by atoms with Gasteiger partial charge in [0, 0.05) is 34.6 Å². The molecule has 0 saturated heterocycles. The Hall–Kier alpha value is -3.32. The van der Waals surface area contributed by atoms with Crippen molar-refractivity contribution >= 4 is 49.1 Å². The summed E-state index contributed by atoms with van der Waals surface area (Å²) in [6, 6.07) is 7.88. The Morgan fingerprint density at radius 2 is 1.97 bits per heavy atom. The zero-order valence-electron chi connectivity index (χ0n) is 20.6. The molecule has 2 aromatic carbocycles. The summed E-state index contributed by atoms with van der Waals surface area (Å²) >= 11 is 1.43. The van der Waals surface area contributed by atoms with Crippen LogP contribution in [0.15, 0.2) is 34.8 Å². The van der Waals surface area contributed by atoms with Gasteiger partial charge in [0.15, 0.2) is 5.13 Å². The molecule has 1 aliphatic rings. The number of nitrogens with zero attached hydrogens (tertiary/aromatic N) is 1. The fourth-order valence-electron chi connectivity index (χ4n) is 4.79. The van der Waals surface area contributed by atoms with Crippen molar-refractivity contribution in [3.63, 3.8) is 0 Å². The second-order valence-corrected chi connectivity index (χ2v) is 9.83. The molecule has 35 heavy (non-hydrogen) atoms. The number of hydrogen-bond donors (Lipinski definition) is 1. The van der Waals surface area contributed by atoms with E-state index in [0.717, 1.165) is 74.4 Å². The van der Waals surface area contributed by atoms with Gasteiger partial charge in [-0.15, -0.1) is 0 Å². The Balaban J connectivity index is 1.46. The summed E-state index contributed by atoms with van der Waals surface area (Å²) in [5.41, 5.74) is 5.78. The Bertz CT molecular complexity index is 1450. The molecule has 2 heterocycles. The highest BCUT2D eigenvalue weighted by Gasteiger charge is 2.23. The standard InChI is InChI=1S/C28H30N2O4S/c1-5-32-18-11-12-22-24(14-18)35-28(29-22)30-25(31)13-16(3)20-15-21-19-9-7-8-10-23(19)34-27(21)17(4)26(20)33-6-2/h11-15H,5-10H2,1-4H3,(H,29,30,31)/b16-13+. The van der Waals surface area contributed by atoms with Crippen LogP contribution in [0, 0.1) is 6.92 Å². The van der Waals surface area contributed by atoms with Crippen LogP contribution in [0.4, 0.5) is 5.13 Å². The second-order valence-electron chi connectivity index (χ2n) is 8.80. The van der Waals surface area contributed by atoms with Crippen LogP contribution in [-0.4, -0.2) is 24.1 Å². The SMILES string of the molecule is CCOc1ccc2nc(NC(=O)/C=C(\C)c3cc4c5c(oc4c(C)c3OCC)CCCC5)sc2c1. The highest BCUT2D eigenvalue weighted by atomic mass is 32.1. The first kappa shape index (κ1) is 23.4. The van der Waals surface area contributed by atoms with Crippen molar-refractivity contribution in [2.75, 3.05) is 18.5 Å². The third kappa shape index (κ3) is 4.52. The predicted octanol–water partition coefficient (Wildman–Crippen LogP) is 7.07. The van der Waals surface area contributed by atoms with E-state index in [1.807, 2.05) is 45.9 Å². The van der Waals surface area contributed by atoms with Crippen LogP contribution >= 0.6 is 11.3 Å². The van der Waals surface area contributed by atoms with Crippen LogP contribution in [0.5, 0.6) is 11.5 Å². The molecule has 0 saturated carbocycles. The maximum absolute atomic E-state index is 12.9. The van der Waals surface area contributed by atoms with Crippen molar-refractivity contribution < 1.29 is 18.7 Å². The fourth-order valence-corrected chi connectivity index (χ4v) is 5.69. The van der Waals surface area contributed by atoms with Gasteiger partial charge in [0.1, 0.15) is 22.8 Å². The average molecular weight is 491 g/mol. The van der Waals surface area contributed by atoms with E-state index in [0.29, 0.717) is 18.3 Å². The van der Waals surface area contributed by atoms with Crippen molar-refractivity contribution in [1.82, 2.24) is 4.98 Å². The number of rotatable bonds is 7. The molecule has 0 spiro atoms. The number of fused-ring (bicyclic) bond motifs is 4. The zero-order chi connectivity index (χ0) is 24.5. The molecule has 2 aromatic heterocycles. The number of benzene rings is 2. The number of aryl methyl sites for hydroxylation is 3. The van der Waals surface area contributed by atoms with Gasteiger partial charge >= 0.3 is 0 Å². The molecule has 6 nitrogen and oxygen atoms in total. The Kier molecular flexibility index (Phi) is 6.52. The maximum Gasteiger partial charge on any atom is 0.250 e. The Morgan fingerprint density at radius 3 is 2.77 bits per heavy atom. The number of nitrogens with one attached hydrogen (secondary N) is 1. The van der Waals surface area contributed by atoms with Gasteiger partial charge < -0.3 is 13.9 Å². The van der Waals surface area contributed by atoms with Crippen LogP contribution < -0.4 is 14.8 Å². The van der Waals surface area contributed by atoms with E-state index in [1.54, 1.807) is 6.08 Å². The molecule has 0 radical (unpaired) electrons. The molecule has 0 unspecified atom stereocenters. The minimum atomic E-state index is -0.221. The predicted molar refractivity (Wildman–Crippen MR) is 142 cm³/mol. The second kappa shape index (κ2) is 9.74. The summed E-state index contributed by atoms with van der Waals surface area (Å²) in [6.07, 6.45) is 5.96. The Labute approximate surface area is 208 Å². The van der Waals surface area contributed by atoms with E-state index in [9.17, 15) is 4.79 Å². The Morgan fingerprint density at radius 1 is 1.17 bits per heavy atom. The molecule has 0 aliphatic heterocycles. The van der Waals surface area contributed by atoms with Gasteiger partial charge in [0.2, 0.25) is 5.91 Å². The van der Waals surface area contributed by atoms with Gasteiger partial charge in [-0.25, -0.2) is 4.98 Å². The minimum absolute atomic E-state index is 0.221. The molecule has 0 fully saturated rings. The lowest BCUT2D eigenvalue weighted by molar-refractivity contribution is -0.111. The zero-order valence-corrected chi connectivity index (χ0v) is 21.4. The van der Waals surface area contributed by atoms with Gasteiger partial charge in [0.25, 0.3) is 0 Å². The van der Waals surface area contributed by atoms with Crippen LogP contribution in [0.2, 0.25) is 0 Å². The number of furan rings is 1. The van der Waals surface area contributed by atoms with Gasteiger partial charge in [-0.1, -0.05) is 11.3 Å². The fraction of sp³-hybridized carbons (Fsp3) is 0.357. The highest BCUT2D eigenvalue weighted by Crippen LogP contribution is 2.41. The third-order valence-electron chi connectivity index (χ3n) is 6.39. The summed E-state index contributed by atoms with van der Waals surface area (Å²) in [6.45, 7) is 9.05. The number of allylic oxidation sites excluding steroid dienone is 1. The van der Waals surface area contributed by atoms with Crippen LogP contribution in [0.3, 0.4) is 0 Å². The van der Waals surface area contributed by atoms with E-state index < -0.39 is 0 Å². The van der Waals surface area contributed by atoms with Gasteiger partial charge in [-0.2, -0.15) is 0 Å². The number of amides is 1. The quantitative estimate of drug-likeness (QED) is 0.281. The van der Waals surface area contributed by atoms with E-state index in [4.69, 9.17) is 13.9 Å². The van der Waals surface area contributed by atoms with Gasteiger partial charge in [-0.3, -0.25) is 10.1 Å². The van der Waals surface area contributed by atoms with Crippen molar-refractivity contribution in [2.24, 2.45) is 0 Å². The van der Waals surface area contributed by atoms with E-state index in [2.05, 4.69) is 16.4 Å². The topological polar surface area (TPSA) is 73.6 Å². The van der Waals surface area contributed by atoms with Crippen LogP contribution in [0.1, 0.15) is 56.1 Å². The summed E-state index contributed by atoms with van der Waals surface area (Å²) in [5.74, 6) is 2.45. The van der Waals surface area contributed by atoms with Crippen LogP contribution in [-0.2, 0) is 17.6 Å². The molecule has 0 atom stereocenters. The van der Waals surface area contributed by atoms with Crippen LogP contribution in [0.25, 0.3) is 26.8 Å². The van der Waals surface area contributed by atoms with Crippen molar-refractivity contribution in [2.45, 2.75) is 53.4 Å². The lowest BCUT2D eigenvalue weighted by Gasteiger charge is -2.15. The molecule has 1 N–H and O–H groups in total. The number of ether oxygens (including phenoxy) is 2. The number of carbonyl (C=O) groups excluding carboxylic acids is 1. The van der Waals surface area contributed by atoms with Crippen molar-refractivity contribution in [3.8, 4) is 11.5 Å². The summed E-state index contributed by atoms with van der Waals surface area (Å²) in [7, 11) is 0. The first-order chi connectivity index (χ1) is 17.0. The molecule has 182 valence electrons. The number of anilines is 1. The monoisotopic (exact) mass is 490 g/mol. The first-order valence-corrected chi connectivity index (χ1v) is 13.0. The summed E-state index contributed by atoms with van der Waals surface area (Å²) in [4.78, 5) is 17.5. The average Bonchev–Trinajstić information content (AvgIpc) is 3.41. The number of aromatic nitrogens is 1. The van der Waals surface area contributed by atoms with Crippen molar-refractivity contribution in [1.29, 1.82) is 0 Å². The first-order valence-electron chi connectivity index (χ1n) is 12.2. The molecule has 5 rings (SSSR count). The lowest BCUT2D eigenvalue weighted by Crippen LogP contribution is -2.08. The highest BCUT2D eigenvalue weighted by molar-refractivity contribution is 7.22. The smallest absolute Gasteiger partial charge is 0.250 e. The minimum Gasteiger partial charge on any atom is -0.494 e. The molecule has 7 heteroatoms. The third-order valence-corrected chi connectivity index (χ3v) is 7.32. The normalized spacial score (nSPS) is 13.8.